The van der Waals surface area contributed by atoms with E-state index in [0.717, 1.165) is 38.8 Å². The first-order chi connectivity index (χ1) is 11.1. The molecule has 1 aromatic heterocycles. The van der Waals surface area contributed by atoms with Gasteiger partial charge in [-0.2, -0.15) is 5.10 Å². The van der Waals surface area contributed by atoms with Gasteiger partial charge in [0.05, 0.1) is 11.7 Å². The lowest BCUT2D eigenvalue weighted by Crippen LogP contribution is -2.45. The number of carbonyl (C=O) groups excluding carboxylic acids is 1. The van der Waals surface area contributed by atoms with Crippen molar-refractivity contribution < 1.29 is 9.53 Å². The fourth-order valence-corrected chi connectivity index (χ4v) is 3.80. The van der Waals surface area contributed by atoms with Crippen molar-refractivity contribution in [2.75, 3.05) is 26.2 Å². The minimum Gasteiger partial charge on any atom is -0.370 e. The van der Waals surface area contributed by atoms with Crippen LogP contribution < -0.4 is 5.32 Å². The van der Waals surface area contributed by atoms with E-state index < -0.39 is 0 Å². The zero-order valence-electron chi connectivity index (χ0n) is 14.3. The molecule has 0 aromatic carbocycles. The number of ether oxygens (including phenoxy) is 1. The molecule has 3 rings (SSSR count). The minimum absolute atomic E-state index is 0.0617. The van der Waals surface area contributed by atoms with Crippen LogP contribution in [0.2, 0.25) is 0 Å². The molecule has 1 amide bonds. The summed E-state index contributed by atoms with van der Waals surface area (Å²) in [5, 5.41) is 7.01. The Labute approximate surface area is 138 Å². The molecule has 2 fully saturated rings. The van der Waals surface area contributed by atoms with E-state index in [4.69, 9.17) is 4.74 Å². The summed E-state index contributed by atoms with van der Waals surface area (Å²) < 4.78 is 7.94. The maximum atomic E-state index is 12.1. The van der Waals surface area contributed by atoms with Crippen molar-refractivity contribution in [3.8, 4) is 0 Å². The Morgan fingerprint density at radius 3 is 2.87 bits per heavy atom. The summed E-state index contributed by atoms with van der Waals surface area (Å²) in [6, 6.07) is 1.73. The molecule has 1 aromatic rings. The second-order valence-corrected chi connectivity index (χ2v) is 6.85. The van der Waals surface area contributed by atoms with E-state index in [1.165, 1.54) is 13.0 Å². The highest BCUT2D eigenvalue weighted by Crippen LogP contribution is 2.38. The Morgan fingerprint density at radius 1 is 1.43 bits per heavy atom. The van der Waals surface area contributed by atoms with Crippen LogP contribution in [-0.2, 0) is 11.8 Å². The second kappa shape index (κ2) is 7.01. The molecule has 0 bridgehead atoms. The van der Waals surface area contributed by atoms with Gasteiger partial charge in [-0.1, -0.05) is 6.92 Å². The van der Waals surface area contributed by atoms with Gasteiger partial charge in [-0.3, -0.25) is 9.48 Å². The number of aromatic nitrogens is 2. The molecule has 1 N–H and O–H groups in total. The summed E-state index contributed by atoms with van der Waals surface area (Å²) in [6.45, 7) is 6.30. The monoisotopic (exact) mass is 320 g/mol. The van der Waals surface area contributed by atoms with E-state index in [-0.39, 0.29) is 17.6 Å². The highest BCUT2D eigenvalue weighted by Gasteiger charge is 2.42. The molecule has 3 heterocycles. The third kappa shape index (κ3) is 3.75. The lowest BCUT2D eigenvalue weighted by Gasteiger charge is -2.39. The third-order valence-corrected chi connectivity index (χ3v) is 5.19. The fraction of sp³-hybridized carbons (Fsp3) is 0.765. The summed E-state index contributed by atoms with van der Waals surface area (Å²) in [6.07, 6.45) is 7.41. The van der Waals surface area contributed by atoms with Gasteiger partial charge in [0.2, 0.25) is 0 Å². The van der Waals surface area contributed by atoms with Crippen LogP contribution >= 0.6 is 0 Å². The van der Waals surface area contributed by atoms with Crippen LogP contribution in [0.25, 0.3) is 0 Å². The molecular formula is C17H28N4O2. The molecule has 2 aliphatic heterocycles. The molecule has 2 saturated heterocycles. The highest BCUT2D eigenvalue weighted by atomic mass is 16.5. The number of likely N-dealkylation sites (tertiary alicyclic amines) is 1. The zero-order chi connectivity index (χ0) is 16.3. The van der Waals surface area contributed by atoms with Crippen LogP contribution in [-0.4, -0.2) is 58.5 Å². The van der Waals surface area contributed by atoms with E-state index in [0.29, 0.717) is 12.2 Å². The largest absolute Gasteiger partial charge is 0.370 e. The topological polar surface area (TPSA) is 59.4 Å². The quantitative estimate of drug-likeness (QED) is 0.895. The number of piperidine rings is 1. The Hall–Kier alpha value is -1.40. The molecule has 1 spiro atoms. The minimum atomic E-state index is -0.0766. The molecule has 128 valence electrons. The molecule has 1 atom stereocenters. The van der Waals surface area contributed by atoms with Gasteiger partial charge in [-0.05, 0) is 44.7 Å². The molecule has 6 heteroatoms. The van der Waals surface area contributed by atoms with Crippen molar-refractivity contribution in [1.29, 1.82) is 0 Å². The van der Waals surface area contributed by atoms with Crippen LogP contribution in [0.15, 0.2) is 12.3 Å². The van der Waals surface area contributed by atoms with Gasteiger partial charge in [0.15, 0.2) is 0 Å². The first-order valence-corrected chi connectivity index (χ1v) is 8.78. The van der Waals surface area contributed by atoms with Crippen molar-refractivity contribution >= 4 is 5.91 Å². The number of carbonyl (C=O) groups is 1. The summed E-state index contributed by atoms with van der Waals surface area (Å²) in [4.78, 5) is 14.7. The van der Waals surface area contributed by atoms with E-state index in [1.807, 2.05) is 0 Å². The first kappa shape index (κ1) is 16.5. The van der Waals surface area contributed by atoms with Gasteiger partial charge in [-0.25, -0.2) is 0 Å². The number of nitrogens with zero attached hydrogens (tertiary/aromatic N) is 3. The lowest BCUT2D eigenvalue weighted by atomic mass is 9.88. The van der Waals surface area contributed by atoms with Crippen molar-refractivity contribution in [3.63, 3.8) is 0 Å². The Bertz CT molecular complexity index is 534. The number of hydrogen-bond acceptors (Lipinski definition) is 4. The zero-order valence-corrected chi connectivity index (χ0v) is 14.3. The summed E-state index contributed by atoms with van der Waals surface area (Å²) in [5.41, 5.74) is 0.650. The van der Waals surface area contributed by atoms with Gasteiger partial charge in [0.1, 0.15) is 5.69 Å². The molecule has 23 heavy (non-hydrogen) atoms. The van der Waals surface area contributed by atoms with Gasteiger partial charge >= 0.3 is 0 Å². The highest BCUT2D eigenvalue weighted by molar-refractivity contribution is 5.92. The average molecular weight is 320 g/mol. The second-order valence-electron chi connectivity index (χ2n) is 6.85. The Balaban J connectivity index is 1.45. The number of amides is 1. The number of rotatable bonds is 5. The Morgan fingerprint density at radius 2 is 2.22 bits per heavy atom. The predicted molar refractivity (Wildman–Crippen MR) is 88.3 cm³/mol. The van der Waals surface area contributed by atoms with Crippen molar-refractivity contribution in [3.05, 3.63) is 18.0 Å². The SMILES string of the molecule is CCCN1CCC2(CC[C@@H](CNC(=O)c3ccnn3C)O2)CC1. The van der Waals surface area contributed by atoms with Gasteiger partial charge < -0.3 is 15.0 Å². The van der Waals surface area contributed by atoms with Gasteiger partial charge in [-0.15, -0.1) is 0 Å². The van der Waals surface area contributed by atoms with Crippen molar-refractivity contribution in [1.82, 2.24) is 20.0 Å². The fourth-order valence-electron chi connectivity index (χ4n) is 3.80. The van der Waals surface area contributed by atoms with Crippen LogP contribution in [0.1, 0.15) is 49.5 Å². The lowest BCUT2D eigenvalue weighted by molar-refractivity contribution is -0.0753. The van der Waals surface area contributed by atoms with E-state index >= 15 is 0 Å². The Kier molecular flexibility index (Phi) is 5.02. The molecule has 0 unspecified atom stereocenters. The van der Waals surface area contributed by atoms with Crippen LogP contribution in [0.5, 0.6) is 0 Å². The summed E-state index contributed by atoms with van der Waals surface area (Å²) >= 11 is 0. The van der Waals surface area contributed by atoms with Gasteiger partial charge in [0.25, 0.3) is 5.91 Å². The maximum Gasteiger partial charge on any atom is 0.269 e. The number of hydrogen-bond donors (Lipinski definition) is 1. The standard InChI is InChI=1S/C17H28N4O2/c1-3-10-21-11-7-17(8-12-21)6-4-14(23-17)13-18-16(22)15-5-9-19-20(15)2/h5,9,14H,3-4,6-8,10-13H2,1-2H3,(H,18,22)/t14-/m0/s1. The normalized spacial score (nSPS) is 24.2. The van der Waals surface area contributed by atoms with Crippen LogP contribution in [0, 0.1) is 0 Å². The summed E-state index contributed by atoms with van der Waals surface area (Å²) in [5.74, 6) is -0.0766. The van der Waals surface area contributed by atoms with Crippen molar-refractivity contribution in [2.45, 2.75) is 50.7 Å². The number of aryl methyl sites for hydroxylation is 1. The molecule has 2 aliphatic rings. The average Bonchev–Trinajstić information content (AvgIpc) is 3.15. The van der Waals surface area contributed by atoms with E-state index in [9.17, 15) is 4.79 Å². The number of nitrogens with one attached hydrogen (secondary N) is 1. The molecular weight excluding hydrogens is 292 g/mol. The van der Waals surface area contributed by atoms with E-state index in [2.05, 4.69) is 22.2 Å². The maximum absolute atomic E-state index is 12.1. The van der Waals surface area contributed by atoms with Gasteiger partial charge in [0, 0.05) is 32.9 Å². The van der Waals surface area contributed by atoms with Crippen LogP contribution in [0.4, 0.5) is 0 Å². The molecule has 0 aliphatic carbocycles. The van der Waals surface area contributed by atoms with Crippen molar-refractivity contribution in [2.24, 2.45) is 7.05 Å². The summed E-state index contributed by atoms with van der Waals surface area (Å²) in [7, 11) is 1.78. The molecule has 6 nitrogen and oxygen atoms in total. The first-order valence-electron chi connectivity index (χ1n) is 8.78. The van der Waals surface area contributed by atoms with E-state index in [1.54, 1.807) is 24.0 Å². The molecule has 0 radical (unpaired) electrons. The predicted octanol–water partition coefficient (Wildman–Crippen LogP) is 1.57. The molecule has 0 saturated carbocycles. The third-order valence-electron chi connectivity index (χ3n) is 5.19. The smallest absolute Gasteiger partial charge is 0.269 e. The van der Waals surface area contributed by atoms with Crippen LogP contribution in [0.3, 0.4) is 0 Å².